The Morgan fingerprint density at radius 1 is 0.365 bits per heavy atom. The number of anilines is 3. The molecular weight excluding hydrogens is 1160 g/mol. The van der Waals surface area contributed by atoms with Gasteiger partial charge in [0.2, 0.25) is 0 Å². The first-order chi connectivity index (χ1) is 49.8. The Bertz CT molecular complexity index is 5710. The molecule has 4 nitrogen and oxygen atoms in total. The first kappa shape index (κ1) is 50.6. The molecule has 14 aromatic rings. The van der Waals surface area contributed by atoms with Crippen molar-refractivity contribution in [2.24, 2.45) is 0 Å². The van der Waals surface area contributed by atoms with E-state index in [1.54, 1.807) is 4.57 Å². The standard InChI is InChI=1S/C91H75BN2O2/c1-88(2,3)66-48-62(49-67(54-66)89(4,5)6)61-42-45-77-84(52-61)96-85-53-63(60-43-47-83-75(50-60)91(64-32-18-12-19-33-64,65-34-20-13-21-35-65)74-38-24-27-41-82(74)95-83)51-81-86(85)92(77)76-46-44-69(93-78-39-25-22-36-70(78)71-37-23-26-40-79(71)93)57-80(76)94(81)87-72(58-28-14-10-15-29-58)55-68(90(7,8)9)56-73(87)59-30-16-11-17-31-59/h10-57H,1-9H3/i22D,23D,25D,26D,36D,37D,39D,40D. The average Bonchev–Trinajstić information content (AvgIpc) is 1.01. The average molecular weight is 1250 g/mol. The molecule has 3 aliphatic rings. The Labute approximate surface area is 576 Å². The molecule has 0 saturated heterocycles. The summed E-state index contributed by atoms with van der Waals surface area (Å²) in [5, 5.41) is 0.00372. The molecule has 0 saturated carbocycles. The third-order valence-corrected chi connectivity index (χ3v) is 20.1. The van der Waals surface area contributed by atoms with Crippen molar-refractivity contribution in [3.63, 3.8) is 0 Å². The Morgan fingerprint density at radius 2 is 0.844 bits per heavy atom. The van der Waals surface area contributed by atoms with Crippen molar-refractivity contribution in [1.29, 1.82) is 0 Å². The lowest BCUT2D eigenvalue weighted by Crippen LogP contribution is -2.59. The minimum atomic E-state index is -0.845. The highest BCUT2D eigenvalue weighted by atomic mass is 16.5. The van der Waals surface area contributed by atoms with Gasteiger partial charge in [-0.2, -0.15) is 0 Å². The fourth-order valence-electron chi connectivity index (χ4n) is 15.2. The van der Waals surface area contributed by atoms with Crippen molar-refractivity contribution in [1.82, 2.24) is 4.57 Å². The number of rotatable bonds is 8. The molecule has 464 valence electrons. The van der Waals surface area contributed by atoms with Gasteiger partial charge in [-0.25, -0.2) is 0 Å². The van der Waals surface area contributed by atoms with Crippen molar-refractivity contribution in [3.05, 3.63) is 330 Å². The highest BCUT2D eigenvalue weighted by molar-refractivity contribution is 6.99. The first-order valence-corrected chi connectivity index (χ1v) is 33.2. The summed E-state index contributed by atoms with van der Waals surface area (Å²) in [6, 6.07) is 82.6. The van der Waals surface area contributed by atoms with Crippen molar-refractivity contribution < 1.29 is 20.4 Å². The Kier molecular flexibility index (Phi) is 11.7. The predicted octanol–water partition coefficient (Wildman–Crippen LogP) is 22.2. The topological polar surface area (TPSA) is 26.6 Å². The second-order valence-corrected chi connectivity index (χ2v) is 29.0. The van der Waals surface area contributed by atoms with Crippen LogP contribution in [0.3, 0.4) is 0 Å². The molecule has 0 unspecified atom stereocenters. The molecule has 96 heavy (non-hydrogen) atoms. The van der Waals surface area contributed by atoms with E-state index in [1.165, 1.54) is 11.1 Å². The zero-order valence-corrected chi connectivity index (χ0v) is 55.4. The van der Waals surface area contributed by atoms with E-state index in [1.807, 2.05) is 24.3 Å². The van der Waals surface area contributed by atoms with E-state index in [9.17, 15) is 8.22 Å². The number of para-hydroxylation sites is 3. The van der Waals surface area contributed by atoms with Crippen molar-refractivity contribution in [3.8, 4) is 73.2 Å². The van der Waals surface area contributed by atoms with Crippen molar-refractivity contribution in [2.75, 3.05) is 4.90 Å². The summed E-state index contributed by atoms with van der Waals surface area (Å²) in [5.74, 6) is 2.84. The number of fused-ring (bicyclic) bond motifs is 9. The summed E-state index contributed by atoms with van der Waals surface area (Å²) in [7, 11) is 0. The van der Waals surface area contributed by atoms with E-state index in [0.717, 1.165) is 117 Å². The third-order valence-electron chi connectivity index (χ3n) is 20.1. The fourth-order valence-corrected chi connectivity index (χ4v) is 15.2. The lowest BCUT2D eigenvalue weighted by atomic mass is 9.34. The number of hydrogen-bond acceptors (Lipinski definition) is 3. The van der Waals surface area contributed by atoms with Gasteiger partial charge in [-0.05, 0) is 167 Å². The number of ether oxygens (including phenoxy) is 2. The van der Waals surface area contributed by atoms with Gasteiger partial charge < -0.3 is 18.9 Å². The molecule has 0 radical (unpaired) electrons. The van der Waals surface area contributed by atoms with E-state index >= 15 is 0 Å². The maximum absolute atomic E-state index is 9.77. The molecule has 0 amide bonds. The Balaban J connectivity index is 1.02. The molecule has 17 rings (SSSR count). The lowest BCUT2D eigenvalue weighted by Gasteiger charge is -2.42. The van der Waals surface area contributed by atoms with Gasteiger partial charge in [-0.1, -0.05) is 281 Å². The van der Waals surface area contributed by atoms with Crippen LogP contribution in [0, 0.1) is 0 Å². The van der Waals surface area contributed by atoms with Crippen molar-refractivity contribution >= 4 is 62.0 Å². The van der Waals surface area contributed by atoms with Gasteiger partial charge in [-0.15, -0.1) is 0 Å². The molecule has 3 aliphatic heterocycles. The molecular formula is C91H75BN2O2. The summed E-state index contributed by atoms with van der Waals surface area (Å²) in [4.78, 5) is 2.37. The van der Waals surface area contributed by atoms with Crippen LogP contribution in [-0.2, 0) is 21.7 Å². The van der Waals surface area contributed by atoms with Gasteiger partial charge in [0, 0.05) is 50.1 Å². The molecule has 0 bridgehead atoms. The number of nitrogens with zero attached hydrogens (tertiary/aromatic N) is 2. The van der Waals surface area contributed by atoms with Crippen LogP contribution in [0.15, 0.2) is 291 Å². The fraction of sp³-hybridized carbons (Fsp3) is 0.143. The molecule has 13 aromatic carbocycles. The van der Waals surface area contributed by atoms with Crippen LogP contribution in [0.2, 0.25) is 0 Å². The van der Waals surface area contributed by atoms with Crippen LogP contribution < -0.4 is 30.8 Å². The SMILES string of the molecule is [2H]c1c([2H])c([2H])c2c(c1[2H])c1c([2H])c([2H])c([2H])c([2H])c1n2-c1ccc2c(c1)N(c1c(-c3ccccc3)cc(C(C)(C)C)cc1-c1ccccc1)c1cc(-c3ccc4c(c3)C(c3ccccc3)(c3ccccc3)c3ccccc3O4)cc3c1B2c1ccc(-c2cc(C(C)(C)C)cc(C(C)(C)C)c2)cc1O3. The monoisotopic (exact) mass is 1250 g/mol. The maximum Gasteiger partial charge on any atom is 0.256 e. The first-order valence-electron chi connectivity index (χ1n) is 37.2. The third kappa shape index (κ3) is 9.48. The zero-order chi connectivity index (χ0) is 72.4. The summed E-state index contributed by atoms with van der Waals surface area (Å²) in [6.45, 7) is 19.8. The largest absolute Gasteiger partial charge is 0.458 e. The number of aromatic nitrogens is 1. The highest BCUT2D eigenvalue weighted by Crippen LogP contribution is 2.57. The second kappa shape index (κ2) is 22.1. The van der Waals surface area contributed by atoms with Gasteiger partial charge >= 0.3 is 0 Å². The second-order valence-electron chi connectivity index (χ2n) is 29.0. The van der Waals surface area contributed by atoms with Gasteiger partial charge in [-0.3, -0.25) is 0 Å². The molecule has 4 heterocycles. The van der Waals surface area contributed by atoms with Crippen LogP contribution in [-0.4, -0.2) is 11.3 Å². The summed E-state index contributed by atoms with van der Waals surface area (Å²) >= 11 is 0. The molecule has 5 heteroatoms. The van der Waals surface area contributed by atoms with E-state index in [-0.39, 0.29) is 50.1 Å². The molecule has 1 aromatic heterocycles. The quantitative estimate of drug-likeness (QED) is 0.142. The predicted molar refractivity (Wildman–Crippen MR) is 403 cm³/mol. The van der Waals surface area contributed by atoms with E-state index in [2.05, 4.69) is 286 Å². The van der Waals surface area contributed by atoms with Crippen molar-refractivity contribution in [2.45, 2.75) is 84.0 Å². The molecule has 0 aliphatic carbocycles. The minimum Gasteiger partial charge on any atom is -0.458 e. The molecule has 0 fully saturated rings. The maximum atomic E-state index is 9.77. The van der Waals surface area contributed by atoms with Crippen LogP contribution >= 0.6 is 0 Å². The van der Waals surface area contributed by atoms with E-state index in [0.29, 0.717) is 17.2 Å². The van der Waals surface area contributed by atoms with Crippen LogP contribution in [0.1, 0.15) is 112 Å². The zero-order valence-electron chi connectivity index (χ0n) is 63.4. The van der Waals surface area contributed by atoms with E-state index < -0.39 is 48.4 Å². The summed E-state index contributed by atoms with van der Waals surface area (Å²) < 4.78 is 91.5. The van der Waals surface area contributed by atoms with Gasteiger partial charge in [0.15, 0.2) is 0 Å². The summed E-state index contributed by atoms with van der Waals surface area (Å²) in [5.41, 5.74) is 19.5. The summed E-state index contributed by atoms with van der Waals surface area (Å²) in [6.07, 6.45) is 0. The lowest BCUT2D eigenvalue weighted by molar-refractivity contribution is 0.434. The smallest absolute Gasteiger partial charge is 0.256 e. The van der Waals surface area contributed by atoms with Crippen LogP contribution in [0.4, 0.5) is 17.1 Å². The number of hydrogen-bond donors (Lipinski definition) is 0. The number of benzene rings is 13. The molecule has 0 atom stereocenters. The van der Waals surface area contributed by atoms with Gasteiger partial charge in [0.05, 0.1) is 33.1 Å². The normalized spacial score (nSPS) is 14.8. The Morgan fingerprint density at radius 3 is 1.44 bits per heavy atom. The molecule has 0 spiro atoms. The van der Waals surface area contributed by atoms with Crippen LogP contribution in [0.5, 0.6) is 23.0 Å². The highest BCUT2D eigenvalue weighted by Gasteiger charge is 2.47. The van der Waals surface area contributed by atoms with Crippen LogP contribution in [0.25, 0.3) is 72.0 Å². The minimum absolute atomic E-state index is 0.00186. The van der Waals surface area contributed by atoms with Gasteiger partial charge in [0.1, 0.15) is 23.0 Å². The van der Waals surface area contributed by atoms with Gasteiger partial charge in [0.25, 0.3) is 6.71 Å². The molecule has 0 N–H and O–H groups in total. The Hall–Kier alpha value is -10.9. The van der Waals surface area contributed by atoms with E-state index in [4.69, 9.17) is 12.2 Å².